The van der Waals surface area contributed by atoms with Gasteiger partial charge in [-0.2, -0.15) is 0 Å². The molecule has 2 fully saturated rings. The Morgan fingerprint density at radius 1 is 1.10 bits per heavy atom. The van der Waals surface area contributed by atoms with Crippen LogP contribution in [0, 0.1) is 5.92 Å². The zero-order valence-electron chi connectivity index (χ0n) is 19.0. The van der Waals surface area contributed by atoms with Crippen molar-refractivity contribution in [2.24, 2.45) is 5.92 Å². The third-order valence-corrected chi connectivity index (χ3v) is 6.53. The number of likely N-dealkylation sites (tertiary alicyclic amines) is 1. The van der Waals surface area contributed by atoms with E-state index in [1.165, 1.54) is 32.4 Å². The highest BCUT2D eigenvalue weighted by Gasteiger charge is 2.42. The smallest absolute Gasteiger partial charge is 0.256 e. The number of carbonyl (C=O) groups excluding carboxylic acids is 1. The number of piperidine rings is 1. The molecule has 168 valence electrons. The first-order valence-electron chi connectivity index (χ1n) is 12.0. The fourth-order valence-corrected chi connectivity index (χ4v) is 4.50. The van der Waals surface area contributed by atoms with Crippen molar-refractivity contribution in [1.82, 2.24) is 4.90 Å². The van der Waals surface area contributed by atoms with E-state index in [1.54, 1.807) is 0 Å². The monoisotopic (exact) mass is 416 g/mol. The lowest BCUT2D eigenvalue weighted by Gasteiger charge is -2.38. The Morgan fingerprint density at radius 2 is 1.80 bits per heavy atom. The molecule has 1 aromatic rings. The lowest BCUT2D eigenvalue weighted by molar-refractivity contribution is -0.147. The molecule has 3 rings (SSSR count). The first-order chi connectivity index (χ1) is 14.6. The van der Waals surface area contributed by atoms with Crippen LogP contribution in [0.5, 0.6) is 5.75 Å². The summed E-state index contributed by atoms with van der Waals surface area (Å²) in [5.74, 6) is 1.52. The van der Waals surface area contributed by atoms with Crippen LogP contribution < -0.4 is 10.1 Å². The quantitative estimate of drug-likeness (QED) is 0.529. The second-order valence-corrected chi connectivity index (χ2v) is 9.11. The molecule has 0 unspecified atom stereocenters. The summed E-state index contributed by atoms with van der Waals surface area (Å²) in [5.41, 5.74) is 0.130. The van der Waals surface area contributed by atoms with Gasteiger partial charge in [0.05, 0.1) is 6.61 Å². The predicted octanol–water partition coefficient (Wildman–Crippen LogP) is 5.26. The number of hydrogen-bond acceptors (Lipinski definition) is 4. The minimum Gasteiger partial charge on any atom is -0.494 e. The molecule has 1 aromatic carbocycles. The maximum Gasteiger partial charge on any atom is 0.256 e. The fraction of sp³-hybridized carbons (Fsp3) is 0.720. The van der Waals surface area contributed by atoms with Crippen molar-refractivity contribution in [2.45, 2.75) is 77.2 Å². The Labute approximate surface area is 182 Å². The van der Waals surface area contributed by atoms with Crippen LogP contribution in [0.3, 0.4) is 0 Å². The number of ether oxygens (including phenoxy) is 2. The second kappa shape index (κ2) is 11.7. The molecule has 0 spiro atoms. The van der Waals surface area contributed by atoms with Crippen molar-refractivity contribution in [2.75, 3.05) is 38.2 Å². The van der Waals surface area contributed by atoms with Crippen molar-refractivity contribution in [3.05, 3.63) is 24.3 Å². The number of amides is 1. The van der Waals surface area contributed by atoms with E-state index in [4.69, 9.17) is 9.47 Å². The topological polar surface area (TPSA) is 50.8 Å². The molecule has 1 aliphatic carbocycles. The lowest BCUT2D eigenvalue weighted by atomic mass is 9.78. The highest BCUT2D eigenvalue weighted by Crippen LogP contribution is 2.36. The molecule has 0 radical (unpaired) electrons. The molecule has 1 aliphatic heterocycles. The van der Waals surface area contributed by atoms with Gasteiger partial charge in [0.15, 0.2) is 0 Å². The van der Waals surface area contributed by atoms with Gasteiger partial charge in [-0.1, -0.05) is 20.3 Å². The van der Waals surface area contributed by atoms with Crippen molar-refractivity contribution in [3.8, 4) is 5.75 Å². The van der Waals surface area contributed by atoms with Crippen LogP contribution in [-0.2, 0) is 9.53 Å². The fourth-order valence-electron chi connectivity index (χ4n) is 4.50. The molecule has 0 bridgehead atoms. The van der Waals surface area contributed by atoms with Gasteiger partial charge < -0.3 is 19.7 Å². The third-order valence-electron chi connectivity index (χ3n) is 6.53. The molecular formula is C25H40N2O3. The summed E-state index contributed by atoms with van der Waals surface area (Å²) in [6.45, 7) is 9.29. The minimum absolute atomic E-state index is 0.00181. The maximum absolute atomic E-state index is 13.1. The van der Waals surface area contributed by atoms with Crippen molar-refractivity contribution in [3.63, 3.8) is 0 Å². The summed E-state index contributed by atoms with van der Waals surface area (Å²) in [7, 11) is 0. The van der Waals surface area contributed by atoms with Gasteiger partial charge in [0, 0.05) is 18.8 Å². The molecule has 0 aromatic heterocycles. The standard InChI is InChI=1S/C25H40N2O3/c1-3-19-30-25(14-12-21(2)13-15-25)24(28)26-22-8-10-23(11-9-22)29-20-7-18-27-16-5-4-6-17-27/h8-11,21H,3-7,12-20H2,1-2H3,(H,26,28). The summed E-state index contributed by atoms with van der Waals surface area (Å²) in [4.78, 5) is 15.6. The van der Waals surface area contributed by atoms with Gasteiger partial charge >= 0.3 is 0 Å². The van der Waals surface area contributed by atoms with E-state index >= 15 is 0 Å². The van der Waals surface area contributed by atoms with E-state index in [9.17, 15) is 4.79 Å². The molecule has 0 atom stereocenters. The van der Waals surface area contributed by atoms with Crippen LogP contribution in [0.1, 0.15) is 71.6 Å². The van der Waals surface area contributed by atoms with Crippen molar-refractivity contribution in [1.29, 1.82) is 0 Å². The summed E-state index contributed by atoms with van der Waals surface area (Å²) in [6.07, 6.45) is 9.71. The Morgan fingerprint density at radius 3 is 2.47 bits per heavy atom. The SMILES string of the molecule is CCCOC1(C(=O)Nc2ccc(OCCCN3CCCCC3)cc2)CCC(C)CC1. The zero-order valence-corrected chi connectivity index (χ0v) is 19.0. The van der Waals surface area contributed by atoms with Crippen LogP contribution in [0.15, 0.2) is 24.3 Å². The van der Waals surface area contributed by atoms with Crippen LogP contribution in [0.25, 0.3) is 0 Å². The normalized spacial score (nSPS) is 25.1. The highest BCUT2D eigenvalue weighted by atomic mass is 16.5. The third kappa shape index (κ3) is 6.71. The van der Waals surface area contributed by atoms with E-state index in [0.717, 1.165) is 63.1 Å². The van der Waals surface area contributed by atoms with Crippen LogP contribution in [-0.4, -0.2) is 49.3 Å². The molecule has 2 aliphatic rings. The van der Waals surface area contributed by atoms with Gasteiger partial charge in [0.1, 0.15) is 11.4 Å². The molecule has 1 saturated carbocycles. The number of rotatable bonds is 10. The van der Waals surface area contributed by atoms with E-state index in [2.05, 4.69) is 24.1 Å². The van der Waals surface area contributed by atoms with Gasteiger partial charge in [-0.05, 0) is 94.6 Å². The Kier molecular flexibility index (Phi) is 9.01. The van der Waals surface area contributed by atoms with E-state index in [0.29, 0.717) is 12.5 Å². The minimum atomic E-state index is -0.674. The molecule has 1 amide bonds. The average Bonchev–Trinajstić information content (AvgIpc) is 2.78. The molecule has 5 heteroatoms. The molecule has 5 nitrogen and oxygen atoms in total. The first kappa shape index (κ1) is 23.1. The Bertz CT molecular complexity index is 627. The largest absolute Gasteiger partial charge is 0.494 e. The summed E-state index contributed by atoms with van der Waals surface area (Å²) >= 11 is 0. The lowest BCUT2D eigenvalue weighted by Crippen LogP contribution is -2.48. The molecule has 30 heavy (non-hydrogen) atoms. The Balaban J connectivity index is 1.45. The predicted molar refractivity (Wildman–Crippen MR) is 122 cm³/mol. The maximum atomic E-state index is 13.1. The number of anilines is 1. The van der Waals surface area contributed by atoms with Gasteiger partial charge in [-0.25, -0.2) is 0 Å². The first-order valence-corrected chi connectivity index (χ1v) is 12.0. The number of nitrogens with zero attached hydrogens (tertiary/aromatic N) is 1. The second-order valence-electron chi connectivity index (χ2n) is 9.11. The Hall–Kier alpha value is -1.59. The van der Waals surface area contributed by atoms with E-state index in [1.807, 2.05) is 24.3 Å². The molecule has 1 N–H and O–H groups in total. The number of hydrogen-bond donors (Lipinski definition) is 1. The summed E-state index contributed by atoms with van der Waals surface area (Å²) in [6, 6.07) is 7.74. The van der Waals surface area contributed by atoms with Crippen molar-refractivity contribution >= 4 is 11.6 Å². The molecule has 1 saturated heterocycles. The van der Waals surface area contributed by atoms with Crippen LogP contribution in [0.2, 0.25) is 0 Å². The summed E-state index contributed by atoms with van der Waals surface area (Å²) in [5, 5.41) is 3.09. The molecule has 1 heterocycles. The zero-order chi connectivity index (χ0) is 21.2. The van der Waals surface area contributed by atoms with Crippen molar-refractivity contribution < 1.29 is 14.3 Å². The van der Waals surface area contributed by atoms with E-state index < -0.39 is 5.60 Å². The average molecular weight is 417 g/mol. The number of benzene rings is 1. The summed E-state index contributed by atoms with van der Waals surface area (Å²) < 4.78 is 12.0. The van der Waals surface area contributed by atoms with E-state index in [-0.39, 0.29) is 5.91 Å². The molecular weight excluding hydrogens is 376 g/mol. The van der Waals surface area contributed by atoms with Gasteiger partial charge in [0.2, 0.25) is 0 Å². The van der Waals surface area contributed by atoms with Gasteiger partial charge in [0.25, 0.3) is 5.91 Å². The number of nitrogens with one attached hydrogen (secondary N) is 1. The van der Waals surface area contributed by atoms with Crippen LogP contribution >= 0.6 is 0 Å². The van der Waals surface area contributed by atoms with Gasteiger partial charge in [-0.3, -0.25) is 4.79 Å². The van der Waals surface area contributed by atoms with Crippen LogP contribution in [0.4, 0.5) is 5.69 Å². The van der Waals surface area contributed by atoms with Gasteiger partial charge in [-0.15, -0.1) is 0 Å². The number of carbonyl (C=O) groups is 1. The highest BCUT2D eigenvalue weighted by molar-refractivity contribution is 5.97.